The van der Waals surface area contributed by atoms with Crippen molar-refractivity contribution in [3.63, 3.8) is 0 Å². The average molecular weight is 508 g/mol. The Bertz CT molecular complexity index is 1310. The molecule has 0 saturated carbocycles. The number of halogens is 3. The van der Waals surface area contributed by atoms with Crippen molar-refractivity contribution < 1.29 is 18.0 Å². The van der Waals surface area contributed by atoms with E-state index in [0.717, 1.165) is 71.4 Å². The number of carbonyl (C=O) groups is 1. The van der Waals surface area contributed by atoms with Crippen LogP contribution in [0.15, 0.2) is 34.2 Å². The van der Waals surface area contributed by atoms with Gasteiger partial charge in [-0.1, -0.05) is 23.9 Å². The largest absolute Gasteiger partial charge is 0.418 e. The van der Waals surface area contributed by atoms with E-state index in [9.17, 15) is 22.8 Å². The zero-order valence-electron chi connectivity index (χ0n) is 18.7. The lowest BCUT2D eigenvalue weighted by Crippen LogP contribution is -2.34. The molecule has 2 aliphatic rings. The van der Waals surface area contributed by atoms with Gasteiger partial charge in [0.05, 0.1) is 21.9 Å². The lowest BCUT2D eigenvalue weighted by atomic mass is 9.97. The smallest absolute Gasteiger partial charge is 0.342 e. The van der Waals surface area contributed by atoms with E-state index in [-0.39, 0.29) is 16.8 Å². The Hall–Kier alpha value is -2.33. The highest BCUT2D eigenvalue weighted by atomic mass is 32.2. The number of aryl methyl sites for hydroxylation is 2. The molecule has 5 rings (SSSR count). The van der Waals surface area contributed by atoms with Crippen LogP contribution in [0.3, 0.4) is 0 Å². The Morgan fingerprint density at radius 3 is 2.56 bits per heavy atom. The maximum atomic E-state index is 13.9. The molecule has 1 fully saturated rings. The number of hydrogen-bond donors (Lipinski definition) is 0. The summed E-state index contributed by atoms with van der Waals surface area (Å²) in [4.78, 5) is 34.9. The minimum Gasteiger partial charge on any atom is -0.342 e. The second-order valence-corrected chi connectivity index (χ2v) is 11.1. The molecule has 1 unspecified atom stereocenters. The molecular weight excluding hydrogens is 483 g/mol. The Morgan fingerprint density at radius 2 is 1.82 bits per heavy atom. The Morgan fingerprint density at radius 1 is 1.12 bits per heavy atom. The van der Waals surface area contributed by atoms with E-state index in [1.54, 1.807) is 11.8 Å². The maximum Gasteiger partial charge on any atom is 0.418 e. The normalized spacial score (nSPS) is 17.2. The molecule has 0 radical (unpaired) electrons. The Balaban J connectivity index is 1.70. The summed E-state index contributed by atoms with van der Waals surface area (Å²) >= 11 is 2.50. The van der Waals surface area contributed by atoms with E-state index in [1.165, 1.54) is 29.5 Å². The molecule has 0 bridgehead atoms. The maximum absolute atomic E-state index is 13.9. The van der Waals surface area contributed by atoms with Crippen LogP contribution < -0.4 is 5.56 Å². The first-order valence-electron chi connectivity index (χ1n) is 11.4. The number of alkyl halides is 3. The van der Waals surface area contributed by atoms with E-state index in [2.05, 4.69) is 0 Å². The Kier molecular flexibility index (Phi) is 6.22. The summed E-state index contributed by atoms with van der Waals surface area (Å²) in [7, 11) is 0. The second-order valence-electron chi connectivity index (χ2n) is 8.73. The lowest BCUT2D eigenvalue weighted by molar-refractivity contribution is -0.137. The van der Waals surface area contributed by atoms with Crippen molar-refractivity contribution in [2.75, 3.05) is 13.1 Å². The first-order valence-corrected chi connectivity index (χ1v) is 13.1. The molecule has 10 heteroatoms. The summed E-state index contributed by atoms with van der Waals surface area (Å²) in [6.45, 7) is 3.08. The summed E-state index contributed by atoms with van der Waals surface area (Å²) < 4.78 is 42.8. The first kappa shape index (κ1) is 23.4. The molecule has 0 spiro atoms. The quantitative estimate of drug-likeness (QED) is 0.348. The van der Waals surface area contributed by atoms with Gasteiger partial charge in [-0.05, 0) is 63.1 Å². The number of aromatic nitrogens is 2. The average Bonchev–Trinajstić information content (AvgIpc) is 3.46. The molecule has 3 aromatic rings. The molecule has 1 amide bonds. The fraction of sp³-hybridized carbons (Fsp3) is 0.458. The van der Waals surface area contributed by atoms with Crippen molar-refractivity contribution in [3.8, 4) is 5.69 Å². The number of fused-ring (bicyclic) bond motifs is 3. The number of likely N-dealkylation sites (tertiary alicyclic amines) is 1. The molecule has 34 heavy (non-hydrogen) atoms. The SMILES string of the molecule is CC(Sc1nc2sc3c(c2c(=O)n1-c1ccccc1C(F)(F)F)CCCC3)C(=O)N1CCCC1. The number of benzene rings is 1. The predicted octanol–water partition coefficient (Wildman–Crippen LogP) is 5.45. The highest BCUT2D eigenvalue weighted by Crippen LogP contribution is 2.38. The molecule has 180 valence electrons. The van der Waals surface area contributed by atoms with E-state index in [1.807, 2.05) is 0 Å². The molecule has 1 atom stereocenters. The van der Waals surface area contributed by atoms with Crippen molar-refractivity contribution in [1.29, 1.82) is 0 Å². The third kappa shape index (κ3) is 4.15. The van der Waals surface area contributed by atoms with Crippen LogP contribution in [-0.4, -0.2) is 38.7 Å². The molecule has 1 saturated heterocycles. The van der Waals surface area contributed by atoms with Crippen LogP contribution >= 0.6 is 23.1 Å². The standard InChI is InChI=1S/C24H24F3N3O2S2/c1-14(21(31)29-12-6-7-13-29)33-23-28-20-19(15-8-2-5-11-18(15)34-20)22(32)30(23)17-10-4-3-9-16(17)24(25,26)27/h3-4,9-10,14H,2,5-8,11-13H2,1H3. The summed E-state index contributed by atoms with van der Waals surface area (Å²) in [5.74, 6) is -0.0852. The van der Waals surface area contributed by atoms with Gasteiger partial charge in [0, 0.05) is 18.0 Å². The van der Waals surface area contributed by atoms with Crippen LogP contribution in [0.4, 0.5) is 13.2 Å². The number of amides is 1. The van der Waals surface area contributed by atoms with Crippen molar-refractivity contribution in [1.82, 2.24) is 14.5 Å². The van der Waals surface area contributed by atoms with Crippen molar-refractivity contribution in [3.05, 3.63) is 50.6 Å². The number of thioether (sulfide) groups is 1. The van der Waals surface area contributed by atoms with E-state index < -0.39 is 22.5 Å². The summed E-state index contributed by atoms with van der Waals surface area (Å²) in [5.41, 5.74) is -0.736. The van der Waals surface area contributed by atoms with Gasteiger partial charge in [0.2, 0.25) is 5.91 Å². The molecule has 5 nitrogen and oxygen atoms in total. The van der Waals surface area contributed by atoms with Gasteiger partial charge in [0.15, 0.2) is 5.16 Å². The zero-order valence-corrected chi connectivity index (χ0v) is 20.3. The van der Waals surface area contributed by atoms with Gasteiger partial charge in [0.25, 0.3) is 5.56 Å². The molecule has 2 aromatic heterocycles. The predicted molar refractivity (Wildman–Crippen MR) is 128 cm³/mol. The monoisotopic (exact) mass is 507 g/mol. The number of rotatable bonds is 4. The van der Waals surface area contributed by atoms with Crippen LogP contribution in [0.1, 0.15) is 48.6 Å². The van der Waals surface area contributed by atoms with Crippen LogP contribution in [0.2, 0.25) is 0 Å². The van der Waals surface area contributed by atoms with Gasteiger partial charge in [-0.25, -0.2) is 4.98 Å². The first-order chi connectivity index (χ1) is 16.3. The molecule has 0 N–H and O–H groups in total. The molecule has 1 aliphatic carbocycles. The molecule has 1 aliphatic heterocycles. The van der Waals surface area contributed by atoms with Gasteiger partial charge in [-0.2, -0.15) is 13.2 Å². The number of hydrogen-bond acceptors (Lipinski definition) is 5. The summed E-state index contributed by atoms with van der Waals surface area (Å²) in [6.07, 6.45) is 0.779. The molecule has 1 aromatic carbocycles. The van der Waals surface area contributed by atoms with Crippen molar-refractivity contribution >= 4 is 39.2 Å². The van der Waals surface area contributed by atoms with Gasteiger partial charge in [-0.3, -0.25) is 14.2 Å². The topological polar surface area (TPSA) is 55.2 Å². The molecular formula is C24H24F3N3O2S2. The minimum atomic E-state index is -4.64. The van der Waals surface area contributed by atoms with Crippen molar-refractivity contribution in [2.24, 2.45) is 0 Å². The van der Waals surface area contributed by atoms with Gasteiger partial charge in [-0.15, -0.1) is 11.3 Å². The van der Waals surface area contributed by atoms with Gasteiger partial charge in [0.1, 0.15) is 4.83 Å². The zero-order chi connectivity index (χ0) is 24.0. The third-order valence-corrected chi connectivity index (χ3v) is 8.68. The summed E-state index contributed by atoms with van der Waals surface area (Å²) in [5, 5.41) is -0.0475. The van der Waals surface area contributed by atoms with Crippen LogP contribution in [0.5, 0.6) is 0 Å². The highest BCUT2D eigenvalue weighted by Gasteiger charge is 2.36. The highest BCUT2D eigenvalue weighted by molar-refractivity contribution is 8.00. The number of nitrogens with zero attached hydrogens (tertiary/aromatic N) is 3. The van der Waals surface area contributed by atoms with E-state index >= 15 is 0 Å². The summed E-state index contributed by atoms with van der Waals surface area (Å²) in [6, 6.07) is 5.07. The number of thiophene rings is 1. The van der Waals surface area contributed by atoms with Crippen LogP contribution in [0, 0.1) is 0 Å². The van der Waals surface area contributed by atoms with Gasteiger partial charge < -0.3 is 4.90 Å². The fourth-order valence-corrected chi connectivity index (χ4v) is 7.10. The lowest BCUT2D eigenvalue weighted by Gasteiger charge is -2.22. The second kappa shape index (κ2) is 9.03. The number of carbonyl (C=O) groups excluding carboxylic acids is 1. The minimum absolute atomic E-state index is 0.0852. The van der Waals surface area contributed by atoms with E-state index in [4.69, 9.17) is 4.98 Å². The van der Waals surface area contributed by atoms with E-state index in [0.29, 0.717) is 23.3 Å². The third-order valence-electron chi connectivity index (χ3n) is 6.46. The van der Waals surface area contributed by atoms with Crippen LogP contribution in [-0.2, 0) is 23.8 Å². The fourth-order valence-electron chi connectivity index (χ4n) is 4.79. The van der Waals surface area contributed by atoms with Crippen LogP contribution in [0.25, 0.3) is 15.9 Å². The Labute approximate surface area is 203 Å². The molecule has 3 heterocycles. The number of para-hydroxylation sites is 1. The van der Waals surface area contributed by atoms with Gasteiger partial charge >= 0.3 is 6.18 Å². The van der Waals surface area contributed by atoms with Crippen molar-refractivity contribution in [2.45, 2.75) is 62.0 Å².